The van der Waals surface area contributed by atoms with Crippen LogP contribution in [0.2, 0.25) is 0 Å². The molecule has 4 aromatic rings. The van der Waals surface area contributed by atoms with Crippen LogP contribution in [0.1, 0.15) is 6.92 Å². The van der Waals surface area contributed by atoms with E-state index >= 15 is 0 Å². The Bertz CT molecular complexity index is 1300. The van der Waals surface area contributed by atoms with Gasteiger partial charge >= 0.3 is 0 Å². The minimum atomic E-state index is -3.84. The molecule has 0 atom stereocenters. The Labute approximate surface area is 177 Å². The third kappa shape index (κ3) is 4.00. The Balaban J connectivity index is 1.55. The van der Waals surface area contributed by atoms with E-state index in [1.807, 2.05) is 34.3 Å². The number of hydrogen-bond acceptors (Lipinski definition) is 6. The molecule has 154 valence electrons. The summed E-state index contributed by atoms with van der Waals surface area (Å²) in [7, 11) is -2.43. The number of aromatic nitrogens is 2. The average molecular weight is 443 g/mol. The first-order valence-corrected chi connectivity index (χ1v) is 11.2. The number of sulfonamides is 1. The summed E-state index contributed by atoms with van der Waals surface area (Å²) in [6.45, 7) is 1.36. The van der Waals surface area contributed by atoms with Gasteiger partial charge in [0.15, 0.2) is 4.96 Å². The Kier molecular flexibility index (Phi) is 5.18. The number of imidazole rings is 1. The zero-order valence-electron chi connectivity index (χ0n) is 16.1. The van der Waals surface area contributed by atoms with Crippen molar-refractivity contribution in [1.29, 1.82) is 0 Å². The van der Waals surface area contributed by atoms with Gasteiger partial charge in [0.2, 0.25) is 5.91 Å². The largest absolute Gasteiger partial charge is 0.495 e. The molecule has 2 aromatic heterocycles. The van der Waals surface area contributed by atoms with Crippen molar-refractivity contribution in [3.63, 3.8) is 0 Å². The van der Waals surface area contributed by atoms with E-state index in [1.165, 1.54) is 32.2 Å². The number of nitrogens with one attached hydrogen (secondary N) is 2. The second kappa shape index (κ2) is 7.81. The van der Waals surface area contributed by atoms with E-state index in [0.29, 0.717) is 11.4 Å². The van der Waals surface area contributed by atoms with Crippen LogP contribution in [0, 0.1) is 0 Å². The number of hydrogen-bond donors (Lipinski definition) is 2. The number of fused-ring (bicyclic) bond motifs is 1. The summed E-state index contributed by atoms with van der Waals surface area (Å²) < 4.78 is 35.2. The Morgan fingerprint density at radius 3 is 2.60 bits per heavy atom. The highest BCUT2D eigenvalue weighted by molar-refractivity contribution is 7.92. The van der Waals surface area contributed by atoms with Crippen molar-refractivity contribution in [1.82, 2.24) is 9.38 Å². The molecule has 10 heteroatoms. The third-order valence-electron chi connectivity index (χ3n) is 4.32. The first kappa shape index (κ1) is 19.9. The minimum Gasteiger partial charge on any atom is -0.495 e. The Morgan fingerprint density at radius 2 is 1.93 bits per heavy atom. The van der Waals surface area contributed by atoms with Gasteiger partial charge in [0, 0.05) is 42.0 Å². The van der Waals surface area contributed by atoms with E-state index in [2.05, 4.69) is 15.0 Å². The van der Waals surface area contributed by atoms with Gasteiger partial charge in [-0.05, 0) is 24.3 Å². The molecule has 0 aliphatic carbocycles. The van der Waals surface area contributed by atoms with Gasteiger partial charge < -0.3 is 10.1 Å². The van der Waals surface area contributed by atoms with Crippen LogP contribution in [-0.2, 0) is 14.8 Å². The van der Waals surface area contributed by atoms with E-state index in [-0.39, 0.29) is 16.6 Å². The number of nitrogens with zero attached hydrogens (tertiary/aromatic N) is 2. The average Bonchev–Trinajstić information content (AvgIpc) is 3.30. The number of carbonyl (C=O) groups excluding carboxylic acids is 1. The Morgan fingerprint density at radius 1 is 1.17 bits per heavy atom. The van der Waals surface area contributed by atoms with E-state index in [0.717, 1.165) is 16.2 Å². The lowest BCUT2D eigenvalue weighted by Gasteiger charge is -2.12. The van der Waals surface area contributed by atoms with Crippen LogP contribution in [0.3, 0.4) is 0 Å². The minimum absolute atomic E-state index is 0.0202. The highest BCUT2D eigenvalue weighted by atomic mass is 32.2. The lowest BCUT2D eigenvalue weighted by atomic mass is 10.1. The molecule has 1 amide bonds. The summed E-state index contributed by atoms with van der Waals surface area (Å²) in [5, 5.41) is 4.56. The molecule has 8 nitrogen and oxygen atoms in total. The molecule has 2 N–H and O–H groups in total. The monoisotopic (exact) mass is 442 g/mol. The van der Waals surface area contributed by atoms with E-state index in [4.69, 9.17) is 4.74 Å². The molecule has 0 aliphatic heterocycles. The zero-order valence-corrected chi connectivity index (χ0v) is 17.8. The van der Waals surface area contributed by atoms with Crippen LogP contribution >= 0.6 is 11.3 Å². The number of ether oxygens (including phenoxy) is 1. The molecule has 0 radical (unpaired) electrons. The summed E-state index contributed by atoms with van der Waals surface area (Å²) in [6.07, 6.45) is 3.86. The van der Waals surface area contributed by atoms with Crippen LogP contribution in [0.25, 0.3) is 16.2 Å². The number of methoxy groups -OCH3 is 1. The number of benzene rings is 2. The predicted octanol–water partition coefficient (Wildman–Crippen LogP) is 3.83. The first-order valence-electron chi connectivity index (χ1n) is 8.87. The van der Waals surface area contributed by atoms with E-state index in [1.54, 1.807) is 23.5 Å². The highest BCUT2D eigenvalue weighted by Crippen LogP contribution is 2.29. The molecule has 0 unspecified atom stereocenters. The lowest BCUT2D eigenvalue weighted by molar-refractivity contribution is -0.114. The van der Waals surface area contributed by atoms with Crippen LogP contribution < -0.4 is 14.8 Å². The zero-order chi connectivity index (χ0) is 21.3. The van der Waals surface area contributed by atoms with Crippen molar-refractivity contribution in [2.75, 3.05) is 17.1 Å². The van der Waals surface area contributed by atoms with Crippen LogP contribution in [0.4, 0.5) is 11.4 Å². The van der Waals surface area contributed by atoms with E-state index < -0.39 is 10.0 Å². The maximum atomic E-state index is 12.8. The molecule has 0 fully saturated rings. The summed E-state index contributed by atoms with van der Waals surface area (Å²) in [5.74, 6) is -0.0251. The quantitative estimate of drug-likeness (QED) is 0.473. The fraction of sp³-hybridized carbons (Fsp3) is 0.100. The van der Waals surface area contributed by atoms with Gasteiger partial charge in [-0.15, -0.1) is 11.3 Å². The second-order valence-electron chi connectivity index (χ2n) is 6.45. The third-order valence-corrected chi connectivity index (χ3v) is 6.47. The smallest absolute Gasteiger partial charge is 0.262 e. The van der Waals surface area contributed by atoms with Crippen LogP contribution in [-0.4, -0.2) is 30.8 Å². The lowest BCUT2D eigenvalue weighted by Crippen LogP contribution is -2.14. The van der Waals surface area contributed by atoms with Crippen molar-refractivity contribution in [3.05, 3.63) is 60.2 Å². The summed E-state index contributed by atoms with van der Waals surface area (Å²) >= 11 is 1.55. The van der Waals surface area contributed by atoms with Crippen LogP contribution in [0.15, 0.2) is 65.1 Å². The molecule has 30 heavy (non-hydrogen) atoms. The molecule has 0 saturated carbocycles. The maximum absolute atomic E-state index is 12.8. The van der Waals surface area contributed by atoms with E-state index in [9.17, 15) is 13.2 Å². The maximum Gasteiger partial charge on any atom is 0.262 e. The number of amides is 1. The number of carbonyl (C=O) groups is 1. The molecule has 2 aromatic carbocycles. The predicted molar refractivity (Wildman–Crippen MR) is 117 cm³/mol. The van der Waals surface area contributed by atoms with Gasteiger partial charge in [-0.3, -0.25) is 13.9 Å². The standard InChI is InChI=1S/C20H18N4O4S2/c1-13(25)21-17-8-7-16(11-19(17)28-2)30(26,27)23-15-5-3-14(4-6-15)18-12-24-9-10-29-20(24)22-18/h3-12,23H,1-2H3,(H,21,25). The molecule has 0 aliphatic rings. The molecular formula is C20H18N4O4S2. The number of rotatable bonds is 6. The van der Waals surface area contributed by atoms with Crippen molar-refractivity contribution in [2.24, 2.45) is 0 Å². The fourth-order valence-corrected chi connectivity index (χ4v) is 4.69. The fourth-order valence-electron chi connectivity index (χ4n) is 2.92. The number of anilines is 2. The number of thiazole rings is 1. The normalized spacial score (nSPS) is 11.4. The summed E-state index contributed by atoms with van der Waals surface area (Å²) in [4.78, 5) is 16.7. The molecule has 0 spiro atoms. The molecular weight excluding hydrogens is 424 g/mol. The first-order chi connectivity index (χ1) is 14.4. The second-order valence-corrected chi connectivity index (χ2v) is 9.00. The van der Waals surface area contributed by atoms with Crippen molar-refractivity contribution < 1.29 is 17.9 Å². The summed E-state index contributed by atoms with van der Waals surface area (Å²) in [5.41, 5.74) is 2.52. The van der Waals surface area contributed by atoms with Gasteiger partial charge in [0.25, 0.3) is 10.0 Å². The van der Waals surface area contributed by atoms with Gasteiger partial charge in [-0.2, -0.15) is 0 Å². The van der Waals surface area contributed by atoms with Gasteiger partial charge in [-0.1, -0.05) is 12.1 Å². The molecule has 4 rings (SSSR count). The molecule has 2 heterocycles. The molecule has 0 bridgehead atoms. The van der Waals surface area contributed by atoms with Crippen molar-refractivity contribution in [3.8, 4) is 17.0 Å². The van der Waals surface area contributed by atoms with Crippen molar-refractivity contribution in [2.45, 2.75) is 11.8 Å². The van der Waals surface area contributed by atoms with Gasteiger partial charge in [-0.25, -0.2) is 13.4 Å². The summed E-state index contributed by atoms with van der Waals surface area (Å²) in [6, 6.07) is 11.2. The van der Waals surface area contributed by atoms with Crippen molar-refractivity contribution >= 4 is 43.6 Å². The van der Waals surface area contributed by atoms with Crippen LogP contribution in [0.5, 0.6) is 5.75 Å². The van der Waals surface area contributed by atoms with Gasteiger partial charge in [0.1, 0.15) is 5.75 Å². The SMILES string of the molecule is COc1cc(S(=O)(=O)Nc2ccc(-c3cn4ccsc4n3)cc2)ccc1NC(C)=O. The van der Waals surface area contributed by atoms with Gasteiger partial charge in [0.05, 0.1) is 23.4 Å². The topological polar surface area (TPSA) is 102 Å². The Hall–Kier alpha value is -3.37. The molecule has 0 saturated heterocycles. The highest BCUT2D eigenvalue weighted by Gasteiger charge is 2.17.